The topological polar surface area (TPSA) is 57.1 Å². The Morgan fingerprint density at radius 3 is 2.46 bits per heavy atom. The normalized spacial score (nSPS) is 31.4. The number of hydrogen-bond acceptors (Lipinski definition) is 5. The van der Waals surface area contributed by atoms with Gasteiger partial charge in [-0.05, 0) is 30.5 Å². The second-order valence-corrected chi connectivity index (χ2v) is 7.09. The SMILES string of the molecule is COC(=O)[C@H]1[C@H](c2ccc(OC)cc2)[C@]1(C)C1=N[C@@H](C(C)C)CO1. The molecule has 24 heavy (non-hydrogen) atoms. The molecular weight excluding hydrogens is 306 g/mol. The minimum absolute atomic E-state index is 0.0144. The Morgan fingerprint density at radius 1 is 1.29 bits per heavy atom. The maximum absolute atomic E-state index is 12.3. The van der Waals surface area contributed by atoms with E-state index < -0.39 is 5.41 Å². The number of methoxy groups -OCH3 is 2. The fourth-order valence-electron chi connectivity index (χ4n) is 3.66. The van der Waals surface area contributed by atoms with Crippen LogP contribution >= 0.6 is 0 Å². The van der Waals surface area contributed by atoms with Crippen LogP contribution in [0.2, 0.25) is 0 Å². The highest BCUT2D eigenvalue weighted by atomic mass is 16.5. The lowest BCUT2D eigenvalue weighted by atomic mass is 10.0. The molecule has 0 radical (unpaired) electrons. The van der Waals surface area contributed by atoms with Gasteiger partial charge in [0.1, 0.15) is 12.4 Å². The van der Waals surface area contributed by atoms with Crippen LogP contribution in [0.5, 0.6) is 5.75 Å². The molecule has 0 unspecified atom stereocenters. The fraction of sp³-hybridized carbons (Fsp3) is 0.579. The van der Waals surface area contributed by atoms with Gasteiger partial charge in [-0.1, -0.05) is 26.0 Å². The second kappa shape index (κ2) is 6.11. The molecule has 3 rings (SSSR count). The van der Waals surface area contributed by atoms with Crippen molar-refractivity contribution >= 4 is 11.9 Å². The maximum atomic E-state index is 12.3. The zero-order chi connectivity index (χ0) is 17.5. The van der Waals surface area contributed by atoms with Gasteiger partial charge in [0.25, 0.3) is 0 Å². The molecular formula is C19H25NO4. The number of benzene rings is 1. The van der Waals surface area contributed by atoms with E-state index in [1.807, 2.05) is 31.2 Å². The van der Waals surface area contributed by atoms with Gasteiger partial charge < -0.3 is 14.2 Å². The minimum atomic E-state index is -0.439. The van der Waals surface area contributed by atoms with Crippen LogP contribution in [0.25, 0.3) is 0 Å². The summed E-state index contributed by atoms with van der Waals surface area (Å²) in [5, 5.41) is 0. The minimum Gasteiger partial charge on any atom is -0.497 e. The summed E-state index contributed by atoms with van der Waals surface area (Å²) in [6.45, 7) is 6.90. The molecule has 2 aliphatic rings. The molecule has 0 saturated heterocycles. The van der Waals surface area contributed by atoms with Crippen molar-refractivity contribution in [1.82, 2.24) is 0 Å². The van der Waals surface area contributed by atoms with Crippen LogP contribution < -0.4 is 4.74 Å². The summed E-state index contributed by atoms with van der Waals surface area (Å²) < 4.78 is 16.1. The van der Waals surface area contributed by atoms with E-state index in [0.717, 1.165) is 11.3 Å². The van der Waals surface area contributed by atoms with E-state index in [9.17, 15) is 4.79 Å². The van der Waals surface area contributed by atoms with E-state index in [2.05, 4.69) is 13.8 Å². The smallest absolute Gasteiger partial charge is 0.310 e. The number of carbonyl (C=O) groups is 1. The molecule has 0 spiro atoms. The van der Waals surface area contributed by atoms with Crippen molar-refractivity contribution in [3.8, 4) is 5.75 Å². The van der Waals surface area contributed by atoms with Crippen LogP contribution in [0.3, 0.4) is 0 Å². The number of rotatable bonds is 5. The molecule has 1 aliphatic heterocycles. The molecule has 5 nitrogen and oxygen atoms in total. The summed E-state index contributed by atoms with van der Waals surface area (Å²) >= 11 is 0. The van der Waals surface area contributed by atoms with E-state index in [1.165, 1.54) is 7.11 Å². The summed E-state index contributed by atoms with van der Waals surface area (Å²) in [4.78, 5) is 17.1. The van der Waals surface area contributed by atoms with E-state index >= 15 is 0 Å². The molecule has 0 aromatic heterocycles. The lowest BCUT2D eigenvalue weighted by molar-refractivity contribution is -0.142. The molecule has 1 heterocycles. The first-order valence-corrected chi connectivity index (χ1v) is 8.36. The molecule has 1 fully saturated rings. The monoisotopic (exact) mass is 331 g/mol. The number of nitrogens with zero attached hydrogens (tertiary/aromatic N) is 1. The Hall–Kier alpha value is -2.04. The summed E-state index contributed by atoms with van der Waals surface area (Å²) in [7, 11) is 3.07. The third-order valence-electron chi connectivity index (χ3n) is 5.35. The summed E-state index contributed by atoms with van der Waals surface area (Å²) in [5.41, 5.74) is 0.638. The number of esters is 1. The molecule has 4 atom stereocenters. The van der Waals surface area contributed by atoms with Crippen LogP contribution in [-0.4, -0.2) is 38.7 Å². The predicted octanol–water partition coefficient (Wildman–Crippen LogP) is 3.04. The first kappa shape index (κ1) is 16.8. The van der Waals surface area contributed by atoms with Crippen molar-refractivity contribution in [2.45, 2.75) is 32.7 Å². The maximum Gasteiger partial charge on any atom is 0.310 e. The molecule has 1 saturated carbocycles. The van der Waals surface area contributed by atoms with Gasteiger partial charge in [0.05, 0.1) is 31.6 Å². The van der Waals surface area contributed by atoms with Crippen LogP contribution in [0.15, 0.2) is 29.3 Å². The van der Waals surface area contributed by atoms with Gasteiger partial charge in [0, 0.05) is 5.92 Å². The standard InChI is InChI=1S/C19H25NO4/c1-11(2)14-10-24-18(20-14)19(3)15(16(19)17(21)23-5)12-6-8-13(22-4)9-7-12/h6-9,11,14-16H,10H2,1-5H3/t14-,15+,16-,19+/m1/s1. The Morgan fingerprint density at radius 2 is 1.96 bits per heavy atom. The zero-order valence-electron chi connectivity index (χ0n) is 14.9. The Labute approximate surface area is 143 Å². The van der Waals surface area contributed by atoms with E-state index in [0.29, 0.717) is 18.4 Å². The van der Waals surface area contributed by atoms with Crippen molar-refractivity contribution < 1.29 is 19.0 Å². The second-order valence-electron chi connectivity index (χ2n) is 7.09. The molecule has 1 aromatic carbocycles. The average molecular weight is 331 g/mol. The first-order chi connectivity index (χ1) is 11.4. The number of ether oxygens (including phenoxy) is 3. The molecule has 5 heteroatoms. The van der Waals surface area contributed by atoms with E-state index in [-0.39, 0.29) is 23.8 Å². The third kappa shape index (κ3) is 2.56. The Kier molecular flexibility index (Phi) is 4.28. The lowest BCUT2D eigenvalue weighted by Gasteiger charge is -2.11. The number of hydrogen-bond donors (Lipinski definition) is 0. The highest BCUT2D eigenvalue weighted by molar-refractivity contribution is 5.97. The van der Waals surface area contributed by atoms with Gasteiger partial charge in [-0.15, -0.1) is 0 Å². The van der Waals surface area contributed by atoms with Crippen LogP contribution in [0.4, 0.5) is 0 Å². The molecule has 0 bridgehead atoms. The van der Waals surface area contributed by atoms with Gasteiger partial charge >= 0.3 is 5.97 Å². The van der Waals surface area contributed by atoms with Crippen molar-refractivity contribution in [2.24, 2.45) is 22.2 Å². The van der Waals surface area contributed by atoms with Gasteiger partial charge in [0.15, 0.2) is 5.90 Å². The van der Waals surface area contributed by atoms with Gasteiger partial charge in [0.2, 0.25) is 0 Å². The van der Waals surface area contributed by atoms with Gasteiger partial charge in [-0.3, -0.25) is 4.79 Å². The van der Waals surface area contributed by atoms with Crippen molar-refractivity contribution in [2.75, 3.05) is 20.8 Å². The molecule has 1 aliphatic carbocycles. The van der Waals surface area contributed by atoms with Gasteiger partial charge in [-0.2, -0.15) is 0 Å². The highest BCUT2D eigenvalue weighted by Crippen LogP contribution is 2.66. The molecule has 130 valence electrons. The number of carbonyl (C=O) groups excluding carboxylic acids is 1. The highest BCUT2D eigenvalue weighted by Gasteiger charge is 2.70. The van der Waals surface area contributed by atoms with E-state index in [4.69, 9.17) is 19.2 Å². The summed E-state index contributed by atoms with van der Waals surface area (Å²) in [6.07, 6.45) is 0. The van der Waals surface area contributed by atoms with Crippen LogP contribution in [-0.2, 0) is 14.3 Å². The lowest BCUT2D eigenvalue weighted by Crippen LogP contribution is -2.19. The van der Waals surface area contributed by atoms with Crippen molar-refractivity contribution in [3.05, 3.63) is 29.8 Å². The zero-order valence-corrected chi connectivity index (χ0v) is 14.9. The molecule has 0 N–H and O–H groups in total. The number of aliphatic imine (C=N–C) groups is 1. The first-order valence-electron chi connectivity index (χ1n) is 8.36. The summed E-state index contributed by atoms with van der Waals surface area (Å²) in [5.74, 6) is 1.45. The Bertz CT molecular complexity index is 652. The third-order valence-corrected chi connectivity index (χ3v) is 5.35. The van der Waals surface area contributed by atoms with Crippen molar-refractivity contribution in [3.63, 3.8) is 0 Å². The summed E-state index contributed by atoms with van der Waals surface area (Å²) in [6, 6.07) is 7.99. The Balaban J connectivity index is 1.92. The van der Waals surface area contributed by atoms with E-state index in [1.54, 1.807) is 7.11 Å². The van der Waals surface area contributed by atoms with Crippen LogP contribution in [0, 0.1) is 17.3 Å². The van der Waals surface area contributed by atoms with Gasteiger partial charge in [-0.25, -0.2) is 4.99 Å². The largest absolute Gasteiger partial charge is 0.497 e. The average Bonchev–Trinajstić information content (AvgIpc) is 2.98. The quantitative estimate of drug-likeness (QED) is 0.778. The van der Waals surface area contributed by atoms with Crippen LogP contribution in [0.1, 0.15) is 32.3 Å². The van der Waals surface area contributed by atoms with Crippen molar-refractivity contribution in [1.29, 1.82) is 0 Å². The fourth-order valence-corrected chi connectivity index (χ4v) is 3.66. The molecule has 1 aromatic rings. The predicted molar refractivity (Wildman–Crippen MR) is 91.4 cm³/mol. The molecule has 0 amide bonds.